The minimum Gasteiger partial charge on any atom is -0.0617 e. The summed E-state index contributed by atoms with van der Waals surface area (Å²) in [6, 6.07) is 6.74. The molecule has 1 aromatic rings. The third-order valence-corrected chi connectivity index (χ3v) is 3.37. The van der Waals surface area contributed by atoms with Gasteiger partial charge < -0.3 is 0 Å². The highest BCUT2D eigenvalue weighted by Gasteiger charge is 2.27. The highest BCUT2D eigenvalue weighted by Crippen LogP contribution is 2.37. The molecule has 2 rings (SSSR count). The zero-order chi connectivity index (χ0) is 9.47. The lowest BCUT2D eigenvalue weighted by Crippen LogP contribution is -2.24. The highest BCUT2D eigenvalue weighted by molar-refractivity contribution is 5.40. The number of hydrogen-bond acceptors (Lipinski definition) is 0. The first kappa shape index (κ1) is 8.80. The van der Waals surface area contributed by atoms with Gasteiger partial charge in [-0.1, -0.05) is 32.0 Å². The van der Waals surface area contributed by atoms with Crippen LogP contribution in [0, 0.1) is 6.92 Å². The molecular formula is C13H18. The molecule has 1 aliphatic carbocycles. The van der Waals surface area contributed by atoms with Crippen molar-refractivity contribution in [2.75, 3.05) is 0 Å². The van der Waals surface area contributed by atoms with Gasteiger partial charge in [-0.3, -0.25) is 0 Å². The number of aryl methyl sites for hydroxylation is 1. The SMILES string of the molecule is Cc1cccc2c1CCCC2(C)C. The molecule has 0 heterocycles. The Balaban J connectivity index is 2.58. The predicted molar refractivity (Wildman–Crippen MR) is 57.1 cm³/mol. The number of fused-ring (bicyclic) bond motifs is 1. The molecule has 0 fully saturated rings. The van der Waals surface area contributed by atoms with Crippen LogP contribution in [0.4, 0.5) is 0 Å². The van der Waals surface area contributed by atoms with Gasteiger partial charge in [0.25, 0.3) is 0 Å². The first-order valence-electron chi connectivity index (χ1n) is 5.20. The molecule has 0 nitrogen and oxygen atoms in total. The smallest absolute Gasteiger partial charge is 0.0101 e. The van der Waals surface area contributed by atoms with Crippen LogP contribution in [0.2, 0.25) is 0 Å². The van der Waals surface area contributed by atoms with Crippen molar-refractivity contribution in [2.45, 2.75) is 45.4 Å². The lowest BCUT2D eigenvalue weighted by Gasteiger charge is -2.33. The van der Waals surface area contributed by atoms with Crippen molar-refractivity contribution in [3.8, 4) is 0 Å². The van der Waals surface area contributed by atoms with Gasteiger partial charge in [-0.05, 0) is 48.3 Å². The molecule has 0 aliphatic heterocycles. The van der Waals surface area contributed by atoms with Crippen LogP contribution < -0.4 is 0 Å². The van der Waals surface area contributed by atoms with Gasteiger partial charge >= 0.3 is 0 Å². The lowest BCUT2D eigenvalue weighted by molar-refractivity contribution is 0.431. The average molecular weight is 174 g/mol. The summed E-state index contributed by atoms with van der Waals surface area (Å²) in [4.78, 5) is 0. The van der Waals surface area contributed by atoms with Crippen molar-refractivity contribution in [3.05, 3.63) is 34.9 Å². The van der Waals surface area contributed by atoms with Crippen LogP contribution in [0.25, 0.3) is 0 Å². The molecule has 0 bridgehead atoms. The van der Waals surface area contributed by atoms with Gasteiger partial charge in [-0.25, -0.2) is 0 Å². The summed E-state index contributed by atoms with van der Waals surface area (Å²) in [5, 5.41) is 0. The van der Waals surface area contributed by atoms with E-state index >= 15 is 0 Å². The van der Waals surface area contributed by atoms with Gasteiger partial charge in [0.2, 0.25) is 0 Å². The summed E-state index contributed by atoms with van der Waals surface area (Å²) < 4.78 is 0. The molecule has 70 valence electrons. The Morgan fingerprint density at radius 1 is 1.23 bits per heavy atom. The predicted octanol–water partition coefficient (Wildman–Crippen LogP) is 3.61. The van der Waals surface area contributed by atoms with Gasteiger partial charge in [0, 0.05) is 0 Å². The van der Waals surface area contributed by atoms with E-state index in [0.29, 0.717) is 5.41 Å². The van der Waals surface area contributed by atoms with Crippen LogP contribution in [0.5, 0.6) is 0 Å². The third kappa shape index (κ3) is 1.39. The largest absolute Gasteiger partial charge is 0.0617 e. The van der Waals surface area contributed by atoms with Crippen molar-refractivity contribution in [2.24, 2.45) is 0 Å². The third-order valence-electron chi connectivity index (χ3n) is 3.37. The minimum atomic E-state index is 0.402. The fraction of sp³-hybridized carbons (Fsp3) is 0.538. The van der Waals surface area contributed by atoms with Crippen molar-refractivity contribution in [3.63, 3.8) is 0 Å². The van der Waals surface area contributed by atoms with E-state index in [0.717, 1.165) is 0 Å². The summed E-state index contributed by atoms with van der Waals surface area (Å²) in [5.74, 6) is 0. The monoisotopic (exact) mass is 174 g/mol. The minimum absolute atomic E-state index is 0.402. The molecule has 0 N–H and O–H groups in total. The summed E-state index contributed by atoms with van der Waals surface area (Å²) in [5.41, 5.74) is 5.07. The summed E-state index contributed by atoms with van der Waals surface area (Å²) in [7, 11) is 0. The molecular weight excluding hydrogens is 156 g/mol. The maximum atomic E-state index is 2.37. The van der Waals surface area contributed by atoms with E-state index in [2.05, 4.69) is 39.0 Å². The van der Waals surface area contributed by atoms with Gasteiger partial charge in [0.05, 0.1) is 0 Å². The molecule has 0 saturated heterocycles. The van der Waals surface area contributed by atoms with E-state index in [1.807, 2.05) is 0 Å². The van der Waals surface area contributed by atoms with Crippen LogP contribution in [-0.4, -0.2) is 0 Å². The molecule has 0 aromatic heterocycles. The van der Waals surface area contributed by atoms with Crippen molar-refractivity contribution < 1.29 is 0 Å². The van der Waals surface area contributed by atoms with E-state index in [-0.39, 0.29) is 0 Å². The number of rotatable bonds is 0. The standard InChI is InChI=1S/C13H18/c1-10-6-4-8-12-11(10)7-5-9-13(12,2)3/h4,6,8H,5,7,9H2,1-3H3. The molecule has 1 aliphatic rings. The second-order valence-corrected chi connectivity index (χ2v) is 4.84. The lowest BCUT2D eigenvalue weighted by atomic mass is 9.72. The molecule has 0 unspecified atom stereocenters. The van der Waals surface area contributed by atoms with E-state index in [1.165, 1.54) is 24.8 Å². The van der Waals surface area contributed by atoms with Crippen LogP contribution in [0.1, 0.15) is 43.4 Å². The Kier molecular flexibility index (Phi) is 1.94. The molecule has 0 atom stereocenters. The summed E-state index contributed by atoms with van der Waals surface area (Å²) in [6.45, 7) is 6.97. The molecule has 0 heteroatoms. The maximum absolute atomic E-state index is 2.37. The maximum Gasteiger partial charge on any atom is -0.0101 e. The van der Waals surface area contributed by atoms with Gasteiger partial charge in [0.1, 0.15) is 0 Å². The fourth-order valence-corrected chi connectivity index (χ4v) is 2.51. The van der Waals surface area contributed by atoms with Crippen LogP contribution in [-0.2, 0) is 11.8 Å². The zero-order valence-corrected chi connectivity index (χ0v) is 8.85. The average Bonchev–Trinajstić information content (AvgIpc) is 2.06. The summed E-state index contributed by atoms with van der Waals surface area (Å²) in [6.07, 6.45) is 3.97. The van der Waals surface area contributed by atoms with Crippen LogP contribution in [0.3, 0.4) is 0 Å². The number of hydrogen-bond donors (Lipinski definition) is 0. The quantitative estimate of drug-likeness (QED) is 0.563. The van der Waals surface area contributed by atoms with Crippen molar-refractivity contribution >= 4 is 0 Å². The number of benzene rings is 1. The second kappa shape index (κ2) is 2.87. The van der Waals surface area contributed by atoms with E-state index in [1.54, 1.807) is 11.1 Å². The van der Waals surface area contributed by atoms with Gasteiger partial charge in [0.15, 0.2) is 0 Å². The Morgan fingerprint density at radius 3 is 2.69 bits per heavy atom. The van der Waals surface area contributed by atoms with Crippen LogP contribution >= 0.6 is 0 Å². The fourth-order valence-electron chi connectivity index (χ4n) is 2.51. The molecule has 0 spiro atoms. The zero-order valence-electron chi connectivity index (χ0n) is 8.85. The van der Waals surface area contributed by atoms with Crippen molar-refractivity contribution in [1.29, 1.82) is 0 Å². The van der Waals surface area contributed by atoms with E-state index in [9.17, 15) is 0 Å². The van der Waals surface area contributed by atoms with Gasteiger partial charge in [-0.2, -0.15) is 0 Å². The van der Waals surface area contributed by atoms with Crippen molar-refractivity contribution in [1.82, 2.24) is 0 Å². The highest BCUT2D eigenvalue weighted by atomic mass is 14.3. The molecule has 0 saturated carbocycles. The summed E-state index contributed by atoms with van der Waals surface area (Å²) >= 11 is 0. The molecule has 13 heavy (non-hydrogen) atoms. The second-order valence-electron chi connectivity index (χ2n) is 4.84. The first-order valence-corrected chi connectivity index (χ1v) is 5.20. The Labute approximate surface area is 81.0 Å². The molecule has 0 radical (unpaired) electrons. The normalized spacial score (nSPS) is 19.6. The molecule has 1 aromatic carbocycles. The molecule has 0 amide bonds. The topological polar surface area (TPSA) is 0 Å². The van der Waals surface area contributed by atoms with E-state index < -0.39 is 0 Å². The first-order chi connectivity index (χ1) is 6.11. The Hall–Kier alpha value is -0.780. The Morgan fingerprint density at radius 2 is 2.00 bits per heavy atom. The van der Waals surface area contributed by atoms with E-state index in [4.69, 9.17) is 0 Å². The van der Waals surface area contributed by atoms with Gasteiger partial charge in [-0.15, -0.1) is 0 Å². The Bertz CT molecular complexity index is 321. The van der Waals surface area contributed by atoms with Crippen LogP contribution in [0.15, 0.2) is 18.2 Å².